The van der Waals surface area contributed by atoms with Crippen molar-refractivity contribution in [2.45, 2.75) is 12.6 Å². The minimum absolute atomic E-state index is 0. The van der Waals surface area contributed by atoms with Crippen molar-refractivity contribution >= 4 is 40.5 Å². The quantitative estimate of drug-likeness (QED) is 0.290. The van der Waals surface area contributed by atoms with Gasteiger partial charge in [0, 0.05) is 63.0 Å². The van der Waals surface area contributed by atoms with Crippen LogP contribution in [0.5, 0.6) is 0 Å². The van der Waals surface area contributed by atoms with Crippen LogP contribution in [0.15, 0.2) is 65.5 Å². The predicted molar refractivity (Wildman–Crippen MR) is 147 cm³/mol. The maximum atomic E-state index is 13.4. The first-order valence-electron chi connectivity index (χ1n) is 12.1. The van der Waals surface area contributed by atoms with Crippen molar-refractivity contribution in [3.8, 4) is 11.1 Å². The van der Waals surface area contributed by atoms with Gasteiger partial charge in [0.15, 0.2) is 0 Å². The molecule has 1 saturated heterocycles. The molecule has 0 spiro atoms. The van der Waals surface area contributed by atoms with Crippen LogP contribution < -0.4 is 5.32 Å². The van der Waals surface area contributed by atoms with Crippen molar-refractivity contribution in [2.75, 3.05) is 51.1 Å². The molecule has 0 saturated carbocycles. The van der Waals surface area contributed by atoms with E-state index < -0.39 is 11.9 Å². The molecule has 196 valence electrons. The minimum Gasteiger partial charge on any atom is -0.368 e. The number of piperazine rings is 1. The number of hydrogen-bond acceptors (Lipinski definition) is 6. The number of hydrogen-bond donors (Lipinski definition) is 1. The van der Waals surface area contributed by atoms with Gasteiger partial charge < -0.3 is 10.2 Å². The zero-order valence-corrected chi connectivity index (χ0v) is 21.9. The number of nitrogens with zero attached hydrogens (tertiary/aromatic N) is 4. The second-order valence-corrected chi connectivity index (χ2v) is 9.75. The maximum Gasteiger partial charge on any atom is 0.433 e. The number of halogens is 4. The summed E-state index contributed by atoms with van der Waals surface area (Å²) in [6.45, 7) is 6.63. The van der Waals surface area contributed by atoms with Gasteiger partial charge in [-0.2, -0.15) is 24.5 Å². The summed E-state index contributed by atoms with van der Waals surface area (Å²) in [7, 11) is 0. The van der Waals surface area contributed by atoms with Crippen LogP contribution in [0.1, 0.15) is 11.3 Å². The third kappa shape index (κ3) is 6.78. The molecule has 3 aromatic heterocycles. The van der Waals surface area contributed by atoms with Crippen molar-refractivity contribution in [3.05, 3.63) is 76.7 Å². The lowest BCUT2D eigenvalue weighted by Crippen LogP contribution is -2.48. The molecule has 1 N–H and O–H groups in total. The Hall–Kier alpha value is -2.72. The lowest BCUT2D eigenvalue weighted by atomic mass is 10.1. The number of rotatable bonds is 8. The molecule has 37 heavy (non-hydrogen) atoms. The van der Waals surface area contributed by atoms with Gasteiger partial charge in [0.2, 0.25) is 0 Å². The van der Waals surface area contributed by atoms with E-state index in [1.54, 1.807) is 6.20 Å². The van der Waals surface area contributed by atoms with E-state index in [1.807, 2.05) is 22.9 Å². The molecule has 1 aliphatic heterocycles. The second-order valence-electron chi connectivity index (χ2n) is 8.97. The summed E-state index contributed by atoms with van der Waals surface area (Å²) in [5.74, 6) is 0.562. The van der Waals surface area contributed by atoms with Gasteiger partial charge in [-0.1, -0.05) is 30.3 Å². The van der Waals surface area contributed by atoms with E-state index in [0.29, 0.717) is 28.8 Å². The van der Waals surface area contributed by atoms with Crippen molar-refractivity contribution in [1.82, 2.24) is 19.8 Å². The molecule has 0 atom stereocenters. The Labute approximate surface area is 224 Å². The van der Waals surface area contributed by atoms with Crippen molar-refractivity contribution < 1.29 is 13.2 Å². The fourth-order valence-electron chi connectivity index (χ4n) is 4.54. The van der Waals surface area contributed by atoms with Crippen LogP contribution in [-0.4, -0.2) is 65.6 Å². The molecule has 1 fully saturated rings. The molecule has 0 amide bonds. The normalized spacial score (nSPS) is 15.0. The van der Waals surface area contributed by atoms with E-state index in [-0.39, 0.29) is 12.4 Å². The van der Waals surface area contributed by atoms with E-state index in [1.165, 1.54) is 23.0 Å². The second kappa shape index (κ2) is 12.2. The molecule has 0 radical (unpaired) electrons. The summed E-state index contributed by atoms with van der Waals surface area (Å²) in [5.41, 5.74) is 2.21. The first-order chi connectivity index (χ1) is 17.5. The van der Waals surface area contributed by atoms with E-state index >= 15 is 0 Å². The Morgan fingerprint density at radius 3 is 2.32 bits per heavy atom. The van der Waals surface area contributed by atoms with Gasteiger partial charge in [-0.05, 0) is 46.5 Å². The van der Waals surface area contributed by atoms with Gasteiger partial charge in [-0.25, -0.2) is 9.97 Å². The highest BCUT2D eigenvalue weighted by Crippen LogP contribution is 2.35. The van der Waals surface area contributed by atoms with Crippen molar-refractivity contribution in [3.63, 3.8) is 0 Å². The summed E-state index contributed by atoms with van der Waals surface area (Å²) in [6.07, 6.45) is -1.82. The highest BCUT2D eigenvalue weighted by molar-refractivity contribution is 7.08. The Kier molecular flexibility index (Phi) is 9.02. The predicted octanol–water partition coefficient (Wildman–Crippen LogP) is 6.07. The molecule has 0 bridgehead atoms. The highest BCUT2D eigenvalue weighted by atomic mass is 35.5. The van der Waals surface area contributed by atoms with E-state index in [9.17, 15) is 13.2 Å². The third-order valence-electron chi connectivity index (χ3n) is 6.60. The van der Waals surface area contributed by atoms with Crippen LogP contribution in [0.2, 0.25) is 0 Å². The summed E-state index contributed by atoms with van der Waals surface area (Å²) in [4.78, 5) is 13.5. The lowest BCUT2D eigenvalue weighted by Gasteiger charge is -2.34. The number of fused-ring (bicyclic) bond motifs is 1. The minimum atomic E-state index is -4.50. The van der Waals surface area contributed by atoms with Gasteiger partial charge in [-0.15, -0.1) is 12.4 Å². The molecule has 5 nitrogen and oxygen atoms in total. The molecule has 1 aliphatic rings. The monoisotopic (exact) mass is 547 g/mol. The molecule has 1 aromatic carbocycles. The number of thiophene rings is 1. The number of anilines is 1. The maximum absolute atomic E-state index is 13.4. The molecular formula is C27H29ClF3N5S. The molecule has 5 rings (SSSR count). The van der Waals surface area contributed by atoms with Crippen LogP contribution >= 0.6 is 23.7 Å². The van der Waals surface area contributed by atoms with Crippen LogP contribution in [0.3, 0.4) is 0 Å². The SMILES string of the molecule is Cl.FC(F)(F)c1ccc2c(NCCN3CCN(CCc4ccccc4)CC3)ncc(-c3ccsc3)c2n1. The van der Waals surface area contributed by atoms with E-state index in [4.69, 9.17) is 0 Å². The molecular weight excluding hydrogens is 519 g/mol. The van der Waals surface area contributed by atoms with E-state index in [0.717, 1.165) is 57.3 Å². The van der Waals surface area contributed by atoms with Gasteiger partial charge in [0.25, 0.3) is 0 Å². The average Bonchev–Trinajstić information content (AvgIpc) is 3.43. The largest absolute Gasteiger partial charge is 0.433 e. The van der Waals surface area contributed by atoms with Crippen LogP contribution in [-0.2, 0) is 12.6 Å². The fourth-order valence-corrected chi connectivity index (χ4v) is 5.20. The summed E-state index contributed by atoms with van der Waals surface area (Å²) in [6, 6.07) is 14.9. The van der Waals surface area contributed by atoms with Crippen LogP contribution in [0.4, 0.5) is 19.0 Å². The summed E-state index contributed by atoms with van der Waals surface area (Å²) in [5, 5.41) is 7.72. The van der Waals surface area contributed by atoms with Gasteiger partial charge in [0.1, 0.15) is 11.5 Å². The summed E-state index contributed by atoms with van der Waals surface area (Å²) >= 11 is 1.49. The number of benzene rings is 1. The van der Waals surface area contributed by atoms with Crippen LogP contribution in [0, 0.1) is 0 Å². The van der Waals surface area contributed by atoms with E-state index in [2.05, 4.69) is 49.4 Å². The van der Waals surface area contributed by atoms with Gasteiger partial charge in [0.05, 0.1) is 5.52 Å². The molecule has 0 aliphatic carbocycles. The zero-order chi connectivity index (χ0) is 25.0. The number of pyridine rings is 2. The topological polar surface area (TPSA) is 44.3 Å². The Balaban J connectivity index is 0.00000320. The number of nitrogens with one attached hydrogen (secondary N) is 1. The first kappa shape index (κ1) is 27.3. The van der Waals surface area contributed by atoms with Crippen LogP contribution in [0.25, 0.3) is 22.0 Å². The number of alkyl halides is 3. The lowest BCUT2D eigenvalue weighted by molar-refractivity contribution is -0.140. The molecule has 10 heteroatoms. The zero-order valence-electron chi connectivity index (χ0n) is 20.2. The standard InChI is InChI=1S/C27H28F3N5S.ClH/c28-27(29,30)24-7-6-22-25(33-24)23(21-9-17-36-19-21)18-32-26(22)31-10-12-35-15-13-34(14-16-35)11-8-20-4-2-1-3-5-20;/h1-7,9,17-19H,8,10-16H2,(H,31,32);1H. The Morgan fingerprint density at radius 1 is 0.919 bits per heavy atom. The molecule has 4 heterocycles. The molecule has 4 aromatic rings. The smallest absolute Gasteiger partial charge is 0.368 e. The third-order valence-corrected chi connectivity index (χ3v) is 7.28. The van der Waals surface area contributed by atoms with Gasteiger partial charge >= 0.3 is 6.18 Å². The summed E-state index contributed by atoms with van der Waals surface area (Å²) < 4.78 is 40.1. The first-order valence-corrected chi connectivity index (χ1v) is 13.0. The van der Waals surface area contributed by atoms with Crippen molar-refractivity contribution in [2.24, 2.45) is 0 Å². The number of aromatic nitrogens is 2. The fraction of sp³-hybridized carbons (Fsp3) is 0.333. The Morgan fingerprint density at radius 2 is 1.65 bits per heavy atom. The van der Waals surface area contributed by atoms with Gasteiger partial charge in [-0.3, -0.25) is 4.90 Å². The van der Waals surface area contributed by atoms with Crippen molar-refractivity contribution in [1.29, 1.82) is 0 Å². The molecule has 0 unspecified atom stereocenters. The average molecular weight is 548 g/mol. The Bertz CT molecular complexity index is 1280. The highest BCUT2D eigenvalue weighted by Gasteiger charge is 2.33.